The topological polar surface area (TPSA) is 75.7 Å². The molecule has 0 saturated heterocycles. The molecule has 1 aliphatic heterocycles. The average molecular weight is 423 g/mol. The molecule has 0 atom stereocenters. The van der Waals surface area contributed by atoms with Crippen LogP contribution in [-0.4, -0.2) is 32.9 Å². The van der Waals surface area contributed by atoms with Gasteiger partial charge in [-0.05, 0) is 53.9 Å². The maximum Gasteiger partial charge on any atom is 0.262 e. The van der Waals surface area contributed by atoms with Gasteiger partial charge in [-0.3, -0.25) is 9.52 Å². The highest BCUT2D eigenvalue weighted by Crippen LogP contribution is 2.26. The summed E-state index contributed by atoms with van der Waals surface area (Å²) in [4.78, 5) is 14.8. The van der Waals surface area contributed by atoms with Crippen molar-refractivity contribution >= 4 is 21.6 Å². The number of methoxy groups -OCH3 is 1. The second kappa shape index (κ2) is 8.20. The molecule has 1 amide bonds. The summed E-state index contributed by atoms with van der Waals surface area (Å²) in [5, 5.41) is 0. The molecule has 6 nitrogen and oxygen atoms in total. The van der Waals surface area contributed by atoms with Gasteiger partial charge in [-0.25, -0.2) is 8.42 Å². The van der Waals surface area contributed by atoms with Crippen LogP contribution in [0.25, 0.3) is 0 Å². The minimum absolute atomic E-state index is 0.0777. The summed E-state index contributed by atoms with van der Waals surface area (Å²) < 4.78 is 33.2. The Morgan fingerprint density at radius 2 is 1.60 bits per heavy atom. The van der Waals surface area contributed by atoms with E-state index >= 15 is 0 Å². The number of anilines is 1. The van der Waals surface area contributed by atoms with Crippen molar-refractivity contribution in [2.24, 2.45) is 0 Å². The maximum atomic E-state index is 12.9. The highest BCUT2D eigenvalue weighted by Gasteiger charge is 2.22. The second-order valence-corrected chi connectivity index (χ2v) is 8.76. The van der Waals surface area contributed by atoms with Crippen LogP contribution in [-0.2, 0) is 23.0 Å². The molecule has 0 radical (unpaired) electrons. The average Bonchev–Trinajstić information content (AvgIpc) is 2.78. The number of ether oxygens (including phenoxy) is 1. The lowest BCUT2D eigenvalue weighted by Gasteiger charge is -2.29. The van der Waals surface area contributed by atoms with Crippen molar-refractivity contribution in [1.82, 2.24) is 4.90 Å². The van der Waals surface area contributed by atoms with Gasteiger partial charge in [0.05, 0.1) is 17.7 Å². The number of benzene rings is 3. The predicted molar refractivity (Wildman–Crippen MR) is 115 cm³/mol. The standard InChI is InChI=1S/C23H22N2O4S/c1-29-22-9-5-4-8-21(22)24-30(27,28)20-12-10-18(11-13-20)23(26)25-15-14-17-6-2-3-7-19(17)16-25/h2-13,24H,14-16H2,1H3. The Hall–Kier alpha value is -3.32. The van der Waals surface area contributed by atoms with E-state index in [0.717, 1.165) is 12.0 Å². The first-order valence-corrected chi connectivity index (χ1v) is 11.1. The largest absolute Gasteiger partial charge is 0.495 e. The minimum atomic E-state index is -3.81. The molecule has 1 N–H and O–H groups in total. The molecule has 7 heteroatoms. The smallest absolute Gasteiger partial charge is 0.262 e. The fourth-order valence-electron chi connectivity index (χ4n) is 3.56. The Morgan fingerprint density at radius 1 is 0.933 bits per heavy atom. The van der Waals surface area contributed by atoms with Crippen molar-refractivity contribution in [2.75, 3.05) is 18.4 Å². The number of para-hydroxylation sites is 2. The number of nitrogens with zero attached hydrogens (tertiary/aromatic N) is 1. The van der Waals surface area contributed by atoms with Crippen LogP contribution < -0.4 is 9.46 Å². The van der Waals surface area contributed by atoms with E-state index in [9.17, 15) is 13.2 Å². The third kappa shape index (κ3) is 4.02. The first kappa shape index (κ1) is 20.0. The maximum absolute atomic E-state index is 12.9. The Balaban J connectivity index is 1.50. The van der Waals surface area contributed by atoms with Crippen LogP contribution in [0.2, 0.25) is 0 Å². The van der Waals surface area contributed by atoms with Gasteiger partial charge in [0.1, 0.15) is 5.75 Å². The molecular weight excluding hydrogens is 400 g/mol. The number of carbonyl (C=O) groups is 1. The quantitative estimate of drug-likeness (QED) is 0.680. The Morgan fingerprint density at radius 3 is 2.33 bits per heavy atom. The zero-order valence-electron chi connectivity index (χ0n) is 16.5. The van der Waals surface area contributed by atoms with E-state index in [0.29, 0.717) is 30.1 Å². The molecule has 0 fully saturated rings. The van der Waals surface area contributed by atoms with E-state index in [2.05, 4.69) is 10.8 Å². The van der Waals surface area contributed by atoms with E-state index in [1.807, 2.05) is 18.2 Å². The number of rotatable bonds is 5. The van der Waals surface area contributed by atoms with Gasteiger partial charge in [-0.2, -0.15) is 0 Å². The highest BCUT2D eigenvalue weighted by molar-refractivity contribution is 7.92. The zero-order chi connectivity index (χ0) is 21.1. The fraction of sp³-hybridized carbons (Fsp3) is 0.174. The van der Waals surface area contributed by atoms with E-state index < -0.39 is 10.0 Å². The number of hydrogen-bond donors (Lipinski definition) is 1. The van der Waals surface area contributed by atoms with Crippen LogP contribution in [0.5, 0.6) is 5.75 Å². The summed E-state index contributed by atoms with van der Waals surface area (Å²) in [6.07, 6.45) is 0.817. The van der Waals surface area contributed by atoms with Gasteiger partial charge in [-0.15, -0.1) is 0 Å². The minimum Gasteiger partial charge on any atom is -0.495 e. The van der Waals surface area contributed by atoms with E-state index in [-0.39, 0.29) is 10.8 Å². The fourth-order valence-corrected chi connectivity index (χ4v) is 4.63. The Bertz CT molecular complexity index is 1170. The molecule has 0 aromatic heterocycles. The summed E-state index contributed by atoms with van der Waals surface area (Å²) in [5.74, 6) is 0.324. The molecule has 0 saturated carbocycles. The molecule has 0 bridgehead atoms. The number of carbonyl (C=O) groups excluding carboxylic acids is 1. The van der Waals surface area contributed by atoms with Crippen LogP contribution in [0.1, 0.15) is 21.5 Å². The van der Waals surface area contributed by atoms with Crippen LogP contribution >= 0.6 is 0 Å². The summed E-state index contributed by atoms with van der Waals surface area (Å²) in [6.45, 7) is 1.20. The molecule has 1 heterocycles. The van der Waals surface area contributed by atoms with Crippen molar-refractivity contribution in [1.29, 1.82) is 0 Å². The Labute approximate surface area is 176 Å². The van der Waals surface area contributed by atoms with Gasteiger partial charge < -0.3 is 9.64 Å². The molecule has 1 aliphatic rings. The lowest BCUT2D eigenvalue weighted by atomic mass is 9.99. The van der Waals surface area contributed by atoms with E-state index in [1.165, 1.54) is 24.8 Å². The summed E-state index contributed by atoms with van der Waals surface area (Å²) in [7, 11) is -2.33. The second-order valence-electron chi connectivity index (χ2n) is 7.08. The van der Waals surface area contributed by atoms with Gasteiger partial charge in [0.25, 0.3) is 15.9 Å². The van der Waals surface area contributed by atoms with Gasteiger partial charge in [0.2, 0.25) is 0 Å². The zero-order valence-corrected chi connectivity index (χ0v) is 17.4. The lowest BCUT2D eigenvalue weighted by molar-refractivity contribution is 0.0734. The van der Waals surface area contributed by atoms with Crippen molar-refractivity contribution in [2.45, 2.75) is 17.9 Å². The first-order valence-electron chi connectivity index (χ1n) is 9.60. The summed E-state index contributed by atoms with van der Waals surface area (Å²) in [5.41, 5.74) is 3.24. The lowest BCUT2D eigenvalue weighted by Crippen LogP contribution is -2.35. The predicted octanol–water partition coefficient (Wildman–Crippen LogP) is 3.69. The number of fused-ring (bicyclic) bond motifs is 1. The van der Waals surface area contributed by atoms with Crippen molar-refractivity contribution in [3.05, 3.63) is 89.5 Å². The molecule has 0 unspecified atom stereocenters. The van der Waals surface area contributed by atoms with Crippen LogP contribution in [0.3, 0.4) is 0 Å². The SMILES string of the molecule is COc1ccccc1NS(=O)(=O)c1ccc(C(=O)N2CCc3ccccc3C2)cc1. The summed E-state index contributed by atoms with van der Waals surface area (Å²) in [6, 6.07) is 20.9. The number of nitrogens with one attached hydrogen (secondary N) is 1. The van der Waals surface area contributed by atoms with Crippen LogP contribution in [0.15, 0.2) is 77.7 Å². The third-order valence-corrected chi connectivity index (χ3v) is 6.56. The molecule has 0 aliphatic carbocycles. The van der Waals surface area contributed by atoms with Crippen molar-refractivity contribution in [3.8, 4) is 5.75 Å². The van der Waals surface area contributed by atoms with Crippen LogP contribution in [0.4, 0.5) is 5.69 Å². The normalized spacial score (nSPS) is 13.4. The molecule has 30 heavy (non-hydrogen) atoms. The van der Waals surface area contributed by atoms with Crippen molar-refractivity contribution in [3.63, 3.8) is 0 Å². The van der Waals surface area contributed by atoms with E-state index in [4.69, 9.17) is 4.74 Å². The molecule has 154 valence electrons. The van der Waals surface area contributed by atoms with Crippen LogP contribution in [0, 0.1) is 0 Å². The number of hydrogen-bond acceptors (Lipinski definition) is 4. The summed E-state index contributed by atoms with van der Waals surface area (Å²) >= 11 is 0. The number of sulfonamides is 1. The van der Waals surface area contributed by atoms with Gasteiger partial charge in [0, 0.05) is 18.7 Å². The monoisotopic (exact) mass is 422 g/mol. The first-order chi connectivity index (χ1) is 14.5. The van der Waals surface area contributed by atoms with Gasteiger partial charge in [-0.1, -0.05) is 36.4 Å². The van der Waals surface area contributed by atoms with Gasteiger partial charge in [0.15, 0.2) is 0 Å². The highest BCUT2D eigenvalue weighted by atomic mass is 32.2. The Kier molecular flexibility index (Phi) is 5.46. The third-order valence-electron chi connectivity index (χ3n) is 5.18. The van der Waals surface area contributed by atoms with E-state index in [1.54, 1.807) is 41.3 Å². The molecule has 4 rings (SSSR count). The number of amides is 1. The molecule has 3 aromatic rings. The molecular formula is C23H22N2O4S. The molecule has 0 spiro atoms. The molecule has 3 aromatic carbocycles. The van der Waals surface area contributed by atoms with Crippen molar-refractivity contribution < 1.29 is 17.9 Å². The van der Waals surface area contributed by atoms with Gasteiger partial charge >= 0.3 is 0 Å².